The lowest BCUT2D eigenvalue weighted by atomic mass is 9.97. The second-order valence-electron chi connectivity index (χ2n) is 11.4. The molecule has 0 amide bonds. The van der Waals surface area contributed by atoms with Gasteiger partial charge in [-0.25, -0.2) is 0 Å². The maximum absolute atomic E-state index is 6.77. The first kappa shape index (κ1) is 32.9. The zero-order chi connectivity index (χ0) is 32.1. The Labute approximate surface area is 281 Å². The van der Waals surface area contributed by atoms with E-state index in [2.05, 4.69) is 0 Å². The minimum Gasteiger partial charge on any atom is -0.462 e. The third-order valence-electron chi connectivity index (χ3n) is 7.91. The first-order valence-electron chi connectivity index (χ1n) is 15.9. The Morgan fingerprint density at radius 1 is 0.468 bits per heavy atom. The monoisotopic (exact) mass is 650 g/mol. The molecule has 3 unspecified atom stereocenters. The second kappa shape index (κ2) is 17.2. The van der Waals surface area contributed by atoms with Crippen molar-refractivity contribution in [2.24, 2.45) is 0 Å². The van der Waals surface area contributed by atoms with E-state index >= 15 is 0 Å². The highest BCUT2D eigenvalue weighted by atomic mass is 35.5. The summed E-state index contributed by atoms with van der Waals surface area (Å²) < 4.78 is 39.6. The summed E-state index contributed by atoms with van der Waals surface area (Å²) in [5.41, 5.74) is 4.17. The van der Waals surface area contributed by atoms with Gasteiger partial charge >= 0.3 is 0 Å². The van der Waals surface area contributed by atoms with Gasteiger partial charge in [0.05, 0.1) is 33.0 Å². The smallest absolute Gasteiger partial charge is 0.229 e. The average molecular weight is 651 g/mol. The molecule has 6 nitrogen and oxygen atoms in total. The van der Waals surface area contributed by atoms with E-state index in [4.69, 9.17) is 40.0 Å². The van der Waals surface area contributed by atoms with Gasteiger partial charge < -0.3 is 28.4 Å². The lowest BCUT2D eigenvalue weighted by Gasteiger charge is -2.45. The van der Waals surface area contributed by atoms with E-state index in [0.29, 0.717) is 37.2 Å². The van der Waals surface area contributed by atoms with Gasteiger partial charge in [0.2, 0.25) is 6.29 Å². The Kier molecular flexibility index (Phi) is 12.1. The number of halogens is 1. The van der Waals surface area contributed by atoms with Crippen LogP contribution in [-0.2, 0) is 50.1 Å². The van der Waals surface area contributed by atoms with Crippen molar-refractivity contribution >= 4 is 11.6 Å². The van der Waals surface area contributed by atoms with E-state index in [1.54, 1.807) is 12.1 Å². The van der Waals surface area contributed by atoms with Crippen molar-refractivity contribution in [2.75, 3.05) is 6.61 Å². The van der Waals surface area contributed by atoms with Crippen LogP contribution < -0.4 is 4.74 Å². The Morgan fingerprint density at radius 2 is 0.894 bits per heavy atom. The van der Waals surface area contributed by atoms with Gasteiger partial charge in [-0.3, -0.25) is 0 Å². The maximum Gasteiger partial charge on any atom is 0.229 e. The number of ether oxygens (including phenoxy) is 6. The third-order valence-corrected chi connectivity index (χ3v) is 8.16. The topological polar surface area (TPSA) is 55.4 Å². The highest BCUT2D eigenvalue weighted by Gasteiger charge is 2.49. The van der Waals surface area contributed by atoms with Crippen LogP contribution in [0.15, 0.2) is 146 Å². The highest BCUT2D eigenvalue weighted by molar-refractivity contribution is 6.30. The molecule has 0 aromatic heterocycles. The van der Waals surface area contributed by atoms with Crippen molar-refractivity contribution in [2.45, 2.75) is 57.1 Å². The summed E-state index contributed by atoms with van der Waals surface area (Å²) in [5.74, 6) is 0.599. The predicted molar refractivity (Wildman–Crippen MR) is 182 cm³/mol. The van der Waals surface area contributed by atoms with Gasteiger partial charge in [-0.2, -0.15) is 0 Å². The van der Waals surface area contributed by atoms with Crippen LogP contribution in [0.5, 0.6) is 5.75 Å². The summed E-state index contributed by atoms with van der Waals surface area (Å²) in [6.45, 7) is 1.74. The molecule has 0 radical (unpaired) electrons. The molecule has 0 aliphatic carbocycles. The van der Waals surface area contributed by atoms with Crippen molar-refractivity contribution in [1.82, 2.24) is 0 Å². The summed E-state index contributed by atoms with van der Waals surface area (Å²) in [5, 5.41) is 0.615. The van der Waals surface area contributed by atoms with Gasteiger partial charge in [-0.05, 0) is 46.5 Å². The second-order valence-corrected chi connectivity index (χ2v) is 11.8. The van der Waals surface area contributed by atoms with Gasteiger partial charge in [0.25, 0.3) is 0 Å². The zero-order valence-corrected chi connectivity index (χ0v) is 26.9. The number of rotatable bonds is 15. The molecule has 1 aliphatic heterocycles. The molecule has 5 aromatic rings. The Morgan fingerprint density at radius 3 is 1.38 bits per heavy atom. The van der Waals surface area contributed by atoms with Gasteiger partial charge in [0.15, 0.2) is 0 Å². The SMILES string of the molecule is Clc1ccc(O[C@@H]2OC(COCc3ccccc3)[C@H](OCc3ccccc3)C(OCc3ccccc3)C2OCc2ccccc2)cc1. The number of benzene rings is 5. The fourth-order valence-electron chi connectivity index (χ4n) is 5.49. The summed E-state index contributed by atoms with van der Waals surface area (Å²) in [7, 11) is 0. The lowest BCUT2D eigenvalue weighted by molar-refractivity contribution is -0.310. The van der Waals surface area contributed by atoms with Gasteiger partial charge in [0.1, 0.15) is 30.2 Å². The van der Waals surface area contributed by atoms with E-state index in [1.165, 1.54) is 0 Å². The van der Waals surface area contributed by atoms with Crippen molar-refractivity contribution in [3.8, 4) is 5.75 Å². The molecule has 0 saturated carbocycles. The summed E-state index contributed by atoms with van der Waals surface area (Å²) in [6.07, 6.45) is -3.13. The van der Waals surface area contributed by atoms with Crippen LogP contribution in [0.3, 0.4) is 0 Å². The van der Waals surface area contributed by atoms with Crippen molar-refractivity contribution in [1.29, 1.82) is 0 Å². The third kappa shape index (κ3) is 9.75. The molecule has 1 saturated heterocycles. The summed E-state index contributed by atoms with van der Waals surface area (Å²) in [4.78, 5) is 0. The number of hydrogen-bond acceptors (Lipinski definition) is 6. The summed E-state index contributed by atoms with van der Waals surface area (Å²) >= 11 is 6.19. The van der Waals surface area contributed by atoms with Crippen molar-refractivity contribution < 1.29 is 28.4 Å². The molecule has 1 fully saturated rings. The molecule has 7 heteroatoms. The van der Waals surface area contributed by atoms with Crippen LogP contribution in [0.1, 0.15) is 22.3 Å². The first-order valence-corrected chi connectivity index (χ1v) is 16.2. The Hall–Kier alpha value is -4.01. The van der Waals surface area contributed by atoms with Crippen LogP contribution in [0.4, 0.5) is 0 Å². The largest absolute Gasteiger partial charge is 0.462 e. The standard InChI is InChI=1S/C40H39ClO6/c41-34-21-23-35(24-22-34)46-40-39(45-28-33-19-11-4-12-20-33)38(44-27-32-17-9-3-10-18-32)37(43-26-31-15-7-2-8-16-31)36(47-40)29-42-25-30-13-5-1-6-14-30/h1-24,36-40H,25-29H2/t36?,37-,38?,39?,40+/m0/s1. The highest BCUT2D eigenvalue weighted by Crippen LogP contribution is 2.33. The predicted octanol–water partition coefficient (Wildman–Crippen LogP) is 8.42. The molecule has 1 aliphatic rings. The van der Waals surface area contributed by atoms with Crippen LogP contribution in [0.2, 0.25) is 5.02 Å². The molecule has 47 heavy (non-hydrogen) atoms. The molecule has 5 aromatic carbocycles. The molecule has 6 rings (SSSR count). The van der Waals surface area contributed by atoms with Crippen LogP contribution >= 0.6 is 11.6 Å². The Bertz CT molecular complexity index is 1590. The summed E-state index contributed by atoms with van der Waals surface area (Å²) in [6, 6.07) is 47.5. The van der Waals surface area contributed by atoms with Crippen LogP contribution in [0.25, 0.3) is 0 Å². The fourth-order valence-corrected chi connectivity index (χ4v) is 5.62. The maximum atomic E-state index is 6.77. The minimum atomic E-state index is -0.831. The Balaban J connectivity index is 1.31. The quantitative estimate of drug-likeness (QED) is 0.113. The zero-order valence-electron chi connectivity index (χ0n) is 26.1. The molecule has 0 spiro atoms. The lowest BCUT2D eigenvalue weighted by Crippen LogP contribution is -2.62. The normalized spacial score (nSPS) is 20.9. The average Bonchev–Trinajstić information content (AvgIpc) is 3.12. The molecule has 0 N–H and O–H groups in total. The van der Waals surface area contributed by atoms with E-state index in [-0.39, 0.29) is 6.61 Å². The van der Waals surface area contributed by atoms with Gasteiger partial charge in [-0.1, -0.05) is 133 Å². The van der Waals surface area contributed by atoms with Crippen molar-refractivity contribution in [3.05, 3.63) is 173 Å². The molecular weight excluding hydrogens is 612 g/mol. The molecule has 5 atom stereocenters. The van der Waals surface area contributed by atoms with E-state index in [0.717, 1.165) is 22.3 Å². The first-order chi connectivity index (χ1) is 23.2. The molecule has 1 heterocycles. The molecule has 242 valence electrons. The van der Waals surface area contributed by atoms with Crippen LogP contribution in [-0.4, -0.2) is 37.3 Å². The fraction of sp³-hybridized carbons (Fsp3) is 0.250. The van der Waals surface area contributed by atoms with Gasteiger partial charge in [-0.15, -0.1) is 0 Å². The molecular formula is C40H39ClO6. The van der Waals surface area contributed by atoms with E-state index in [1.807, 2.05) is 133 Å². The molecule has 0 bridgehead atoms. The minimum absolute atomic E-state index is 0.255. The van der Waals surface area contributed by atoms with Crippen molar-refractivity contribution in [3.63, 3.8) is 0 Å². The number of hydrogen-bond donors (Lipinski definition) is 0. The van der Waals surface area contributed by atoms with E-state index < -0.39 is 30.7 Å². The van der Waals surface area contributed by atoms with E-state index in [9.17, 15) is 0 Å². The van der Waals surface area contributed by atoms with Gasteiger partial charge in [0, 0.05) is 5.02 Å². The van der Waals surface area contributed by atoms with Crippen LogP contribution in [0, 0.1) is 0 Å².